The summed E-state index contributed by atoms with van der Waals surface area (Å²) < 4.78 is 2.63. The number of nitrogens with one attached hydrogen (secondary N) is 1. The second-order valence-electron chi connectivity index (χ2n) is 5.27. The lowest BCUT2D eigenvalue weighted by molar-refractivity contribution is -0.116. The number of aromatic nitrogens is 1. The number of amides is 1. The fraction of sp³-hybridized carbons (Fsp3) is 0.111. The summed E-state index contributed by atoms with van der Waals surface area (Å²) in [5.41, 5.74) is 2.23. The molecule has 0 aliphatic heterocycles. The molecular weight excluding hydrogens is 356 g/mol. The van der Waals surface area contributed by atoms with Gasteiger partial charge in [-0.2, -0.15) is 0 Å². The first-order valence-corrected chi connectivity index (χ1v) is 7.99. The van der Waals surface area contributed by atoms with Crippen molar-refractivity contribution in [2.75, 3.05) is 5.32 Å². The van der Waals surface area contributed by atoms with Crippen LogP contribution < -0.4 is 5.32 Å². The summed E-state index contributed by atoms with van der Waals surface area (Å²) in [5.74, 6) is -0.154. The molecule has 23 heavy (non-hydrogen) atoms. The Morgan fingerprint density at radius 3 is 2.52 bits per heavy atom. The van der Waals surface area contributed by atoms with Gasteiger partial charge in [-0.15, -0.1) is 0 Å². The zero-order valence-corrected chi connectivity index (χ0v) is 14.1. The van der Waals surface area contributed by atoms with E-state index in [1.807, 2.05) is 48.5 Å². The molecule has 0 aliphatic carbocycles. The van der Waals surface area contributed by atoms with Crippen molar-refractivity contribution < 1.29 is 9.59 Å². The Bertz CT molecular complexity index is 899. The van der Waals surface area contributed by atoms with Gasteiger partial charge in [-0.25, -0.2) is 0 Å². The summed E-state index contributed by atoms with van der Waals surface area (Å²) in [6.45, 7) is 1.68. The number of halogens is 1. The van der Waals surface area contributed by atoms with Crippen molar-refractivity contribution in [3.05, 3.63) is 64.8 Å². The van der Waals surface area contributed by atoms with Crippen LogP contribution in [0.2, 0.25) is 0 Å². The first kappa shape index (κ1) is 15.5. The number of nitrogens with zero attached hydrogens (tertiary/aromatic N) is 1. The standard InChI is InChI=1S/C18H15BrN2O2/c1-12(22)14-10-21(17-9-5-2-6-13(14)17)11-18(23)20-16-8-4-3-7-15(16)19/h2-10H,11H2,1H3,(H,20,23). The van der Waals surface area contributed by atoms with Gasteiger partial charge in [0.1, 0.15) is 6.54 Å². The van der Waals surface area contributed by atoms with Crippen LogP contribution in [0, 0.1) is 0 Å². The van der Waals surface area contributed by atoms with Gasteiger partial charge in [0.2, 0.25) is 5.91 Å². The molecule has 1 heterocycles. The lowest BCUT2D eigenvalue weighted by Gasteiger charge is -2.08. The molecule has 4 nitrogen and oxygen atoms in total. The van der Waals surface area contributed by atoms with Gasteiger partial charge in [0.05, 0.1) is 5.69 Å². The fourth-order valence-electron chi connectivity index (χ4n) is 2.57. The van der Waals surface area contributed by atoms with Crippen molar-refractivity contribution in [2.45, 2.75) is 13.5 Å². The SMILES string of the molecule is CC(=O)c1cn(CC(=O)Nc2ccccc2Br)c2ccccc12. The topological polar surface area (TPSA) is 51.1 Å². The average molecular weight is 371 g/mol. The van der Waals surface area contributed by atoms with E-state index in [0.29, 0.717) is 5.56 Å². The molecule has 0 bridgehead atoms. The Kier molecular flexibility index (Phi) is 4.30. The molecule has 0 radical (unpaired) electrons. The quantitative estimate of drug-likeness (QED) is 0.698. The van der Waals surface area contributed by atoms with E-state index < -0.39 is 0 Å². The molecular formula is C18H15BrN2O2. The molecule has 0 spiro atoms. The highest BCUT2D eigenvalue weighted by atomic mass is 79.9. The number of Topliss-reactive ketones (excluding diaryl/α,β-unsaturated/α-hetero) is 1. The molecule has 2 aromatic carbocycles. The molecule has 0 fully saturated rings. The number of fused-ring (bicyclic) bond motifs is 1. The molecule has 3 aromatic rings. The monoisotopic (exact) mass is 370 g/mol. The second-order valence-corrected chi connectivity index (χ2v) is 6.13. The van der Waals surface area contributed by atoms with Crippen molar-refractivity contribution in [1.29, 1.82) is 0 Å². The molecule has 1 N–H and O–H groups in total. The molecule has 116 valence electrons. The molecule has 5 heteroatoms. The maximum atomic E-state index is 12.3. The summed E-state index contributed by atoms with van der Waals surface area (Å²) >= 11 is 3.41. The van der Waals surface area contributed by atoms with Crippen LogP contribution in [0.25, 0.3) is 10.9 Å². The van der Waals surface area contributed by atoms with Crippen LogP contribution in [-0.4, -0.2) is 16.3 Å². The summed E-state index contributed by atoms with van der Waals surface area (Å²) in [6, 6.07) is 15.0. The lowest BCUT2D eigenvalue weighted by atomic mass is 10.1. The van der Waals surface area contributed by atoms with E-state index in [9.17, 15) is 9.59 Å². The van der Waals surface area contributed by atoms with Crippen LogP contribution in [0.5, 0.6) is 0 Å². The van der Waals surface area contributed by atoms with Gasteiger partial charge in [0.25, 0.3) is 0 Å². The summed E-state index contributed by atoms with van der Waals surface area (Å²) in [7, 11) is 0. The molecule has 0 saturated carbocycles. The number of rotatable bonds is 4. The number of anilines is 1. The highest BCUT2D eigenvalue weighted by Gasteiger charge is 2.14. The highest BCUT2D eigenvalue weighted by Crippen LogP contribution is 2.23. The number of para-hydroxylation sites is 2. The first-order valence-electron chi connectivity index (χ1n) is 7.19. The fourth-order valence-corrected chi connectivity index (χ4v) is 2.95. The first-order chi connectivity index (χ1) is 11.1. The molecule has 3 rings (SSSR count). The minimum Gasteiger partial charge on any atom is -0.337 e. The van der Waals surface area contributed by atoms with Gasteiger partial charge < -0.3 is 9.88 Å². The van der Waals surface area contributed by atoms with Gasteiger partial charge in [0, 0.05) is 27.1 Å². The van der Waals surface area contributed by atoms with E-state index in [1.54, 1.807) is 10.8 Å². The van der Waals surface area contributed by atoms with E-state index in [0.717, 1.165) is 21.1 Å². The van der Waals surface area contributed by atoms with Gasteiger partial charge in [-0.1, -0.05) is 30.3 Å². The van der Waals surface area contributed by atoms with Crippen molar-refractivity contribution in [1.82, 2.24) is 4.57 Å². The van der Waals surface area contributed by atoms with Crippen molar-refractivity contribution in [2.24, 2.45) is 0 Å². The van der Waals surface area contributed by atoms with Crippen molar-refractivity contribution in [3.8, 4) is 0 Å². The summed E-state index contributed by atoms with van der Waals surface area (Å²) in [5, 5.41) is 3.74. The molecule has 0 aliphatic rings. The highest BCUT2D eigenvalue weighted by molar-refractivity contribution is 9.10. The van der Waals surface area contributed by atoms with Crippen molar-refractivity contribution >= 4 is 44.2 Å². The molecule has 1 aromatic heterocycles. The van der Waals surface area contributed by atoms with Gasteiger partial charge in [0.15, 0.2) is 5.78 Å². The van der Waals surface area contributed by atoms with Crippen LogP contribution in [-0.2, 0) is 11.3 Å². The molecule has 0 saturated heterocycles. The Hall–Kier alpha value is -2.40. The Balaban J connectivity index is 1.88. The molecule has 0 unspecified atom stereocenters. The average Bonchev–Trinajstić information content (AvgIpc) is 2.89. The normalized spacial score (nSPS) is 10.7. The van der Waals surface area contributed by atoms with Crippen LogP contribution in [0.4, 0.5) is 5.69 Å². The maximum absolute atomic E-state index is 12.3. The van der Waals surface area contributed by atoms with E-state index in [4.69, 9.17) is 0 Å². The third-order valence-electron chi connectivity index (χ3n) is 3.63. The van der Waals surface area contributed by atoms with Crippen molar-refractivity contribution in [3.63, 3.8) is 0 Å². The molecule has 1 amide bonds. The minimum atomic E-state index is -0.146. The van der Waals surface area contributed by atoms with Gasteiger partial charge in [-0.05, 0) is 41.1 Å². The Morgan fingerprint density at radius 1 is 1.09 bits per heavy atom. The summed E-state index contributed by atoms with van der Waals surface area (Å²) in [6.07, 6.45) is 1.74. The van der Waals surface area contributed by atoms with Crippen LogP contribution in [0.15, 0.2) is 59.2 Å². The van der Waals surface area contributed by atoms with Gasteiger partial charge >= 0.3 is 0 Å². The van der Waals surface area contributed by atoms with Crippen LogP contribution >= 0.6 is 15.9 Å². The number of carbonyl (C=O) groups excluding carboxylic acids is 2. The predicted octanol–water partition coefficient (Wildman–Crippen LogP) is 4.25. The second kappa shape index (κ2) is 6.38. The van der Waals surface area contributed by atoms with Crippen LogP contribution in [0.1, 0.15) is 17.3 Å². The summed E-state index contributed by atoms with van der Waals surface area (Å²) in [4.78, 5) is 24.1. The van der Waals surface area contributed by atoms with Crippen LogP contribution in [0.3, 0.4) is 0 Å². The number of ketones is 1. The third-order valence-corrected chi connectivity index (χ3v) is 4.32. The number of carbonyl (C=O) groups is 2. The minimum absolute atomic E-state index is 0.00818. The maximum Gasteiger partial charge on any atom is 0.244 e. The third kappa shape index (κ3) is 3.19. The Labute approximate surface area is 142 Å². The smallest absolute Gasteiger partial charge is 0.244 e. The molecule has 0 atom stereocenters. The lowest BCUT2D eigenvalue weighted by Crippen LogP contribution is -2.18. The zero-order valence-electron chi connectivity index (χ0n) is 12.5. The zero-order chi connectivity index (χ0) is 16.4. The number of hydrogen-bond acceptors (Lipinski definition) is 2. The largest absolute Gasteiger partial charge is 0.337 e. The van der Waals surface area contributed by atoms with E-state index in [1.165, 1.54) is 6.92 Å². The van der Waals surface area contributed by atoms with E-state index in [2.05, 4.69) is 21.2 Å². The van der Waals surface area contributed by atoms with E-state index in [-0.39, 0.29) is 18.2 Å². The van der Waals surface area contributed by atoms with Gasteiger partial charge in [-0.3, -0.25) is 9.59 Å². The number of hydrogen-bond donors (Lipinski definition) is 1. The predicted molar refractivity (Wildman–Crippen MR) is 94.7 cm³/mol. The Morgan fingerprint density at radius 2 is 1.78 bits per heavy atom. The van der Waals surface area contributed by atoms with E-state index >= 15 is 0 Å². The number of benzene rings is 2.